The summed E-state index contributed by atoms with van der Waals surface area (Å²) < 4.78 is 15.8. The highest BCUT2D eigenvalue weighted by atomic mass is 16.5. The molecule has 9 nitrogen and oxygen atoms in total. The summed E-state index contributed by atoms with van der Waals surface area (Å²) in [7, 11) is 3.87. The van der Waals surface area contributed by atoms with Crippen molar-refractivity contribution in [3.05, 3.63) is 42.0 Å². The van der Waals surface area contributed by atoms with E-state index in [0.717, 1.165) is 0 Å². The average molecular weight is 454 g/mol. The van der Waals surface area contributed by atoms with E-state index in [2.05, 4.69) is 0 Å². The normalized spacial score (nSPS) is 33.5. The van der Waals surface area contributed by atoms with Crippen LogP contribution in [-0.4, -0.2) is 67.8 Å². The maximum atomic E-state index is 13.8. The standard InChI is InChI=1S/C24H26N2O7/c1-31-19(28)16-14-22-9-8-18(27)25(22)13-12-23(20(29)32-2)15-6-4-5-7-17(15)26(21(30)33-3)24(16,23)11-10-22/h4-9,16H,10-14H2,1-3H3/t16-,22+,23+,24+/m0/s1. The molecular weight excluding hydrogens is 428 g/mol. The third kappa shape index (κ3) is 2.37. The number of nitrogens with zero attached hydrogens (tertiary/aromatic N) is 2. The van der Waals surface area contributed by atoms with Crippen molar-refractivity contribution >= 4 is 29.6 Å². The molecule has 6 rings (SSSR count). The van der Waals surface area contributed by atoms with Gasteiger partial charge >= 0.3 is 18.0 Å². The molecule has 2 amide bonds. The molecule has 3 fully saturated rings. The summed E-state index contributed by atoms with van der Waals surface area (Å²) in [6, 6.07) is 7.11. The van der Waals surface area contributed by atoms with E-state index < -0.39 is 40.4 Å². The first-order chi connectivity index (χ1) is 15.8. The predicted molar refractivity (Wildman–Crippen MR) is 115 cm³/mol. The molecule has 2 spiro atoms. The number of methoxy groups -OCH3 is 3. The summed E-state index contributed by atoms with van der Waals surface area (Å²) in [6.45, 7) is 0.278. The molecule has 0 radical (unpaired) electrons. The molecular formula is C24H26N2O7. The Kier molecular flexibility index (Phi) is 4.60. The lowest BCUT2D eigenvalue weighted by molar-refractivity contribution is -0.167. The van der Waals surface area contributed by atoms with Gasteiger partial charge in [0.25, 0.3) is 0 Å². The van der Waals surface area contributed by atoms with Crippen LogP contribution < -0.4 is 4.90 Å². The van der Waals surface area contributed by atoms with Gasteiger partial charge in [0.2, 0.25) is 5.91 Å². The monoisotopic (exact) mass is 454 g/mol. The molecule has 33 heavy (non-hydrogen) atoms. The number of carbonyl (C=O) groups is 4. The number of benzene rings is 1. The molecule has 174 valence electrons. The molecule has 1 aliphatic carbocycles. The van der Waals surface area contributed by atoms with Crippen molar-refractivity contribution < 1.29 is 33.4 Å². The molecule has 0 aromatic heterocycles. The van der Waals surface area contributed by atoms with E-state index in [-0.39, 0.29) is 31.7 Å². The Morgan fingerprint density at radius 3 is 2.45 bits per heavy atom. The van der Waals surface area contributed by atoms with Gasteiger partial charge in [-0.2, -0.15) is 0 Å². The van der Waals surface area contributed by atoms with Crippen molar-refractivity contribution in [2.45, 2.75) is 42.2 Å². The highest BCUT2D eigenvalue weighted by Gasteiger charge is 2.76. The topological polar surface area (TPSA) is 102 Å². The Morgan fingerprint density at radius 2 is 1.76 bits per heavy atom. The summed E-state index contributed by atoms with van der Waals surface area (Å²) in [5.41, 5.74) is -2.27. The zero-order valence-electron chi connectivity index (χ0n) is 18.8. The summed E-state index contributed by atoms with van der Waals surface area (Å²) in [5, 5.41) is 0. The number of amides is 2. The van der Waals surface area contributed by atoms with Crippen molar-refractivity contribution in [2.24, 2.45) is 5.92 Å². The fourth-order valence-corrected chi connectivity index (χ4v) is 6.97. The number of esters is 2. The van der Waals surface area contributed by atoms with Crippen LogP contribution in [0.15, 0.2) is 36.4 Å². The van der Waals surface area contributed by atoms with Gasteiger partial charge in [0.05, 0.1) is 44.0 Å². The van der Waals surface area contributed by atoms with E-state index in [0.29, 0.717) is 17.7 Å². The second-order valence-corrected chi connectivity index (χ2v) is 9.10. The van der Waals surface area contributed by atoms with Crippen molar-refractivity contribution in [2.75, 3.05) is 32.8 Å². The lowest BCUT2D eigenvalue weighted by Gasteiger charge is -2.60. The molecule has 1 aromatic rings. The largest absolute Gasteiger partial charge is 0.469 e. The van der Waals surface area contributed by atoms with Crippen LogP contribution in [-0.2, 0) is 34.0 Å². The highest BCUT2D eigenvalue weighted by Crippen LogP contribution is 2.65. The molecule has 2 bridgehead atoms. The second-order valence-electron chi connectivity index (χ2n) is 9.10. The van der Waals surface area contributed by atoms with Gasteiger partial charge in [-0.3, -0.25) is 19.3 Å². The fraction of sp³-hybridized carbons (Fsp3) is 0.500. The van der Waals surface area contributed by atoms with Crippen molar-refractivity contribution in [1.82, 2.24) is 4.90 Å². The summed E-state index contributed by atoms with van der Waals surface area (Å²) >= 11 is 0. The molecule has 4 heterocycles. The number of ether oxygens (including phenoxy) is 3. The first-order valence-electron chi connectivity index (χ1n) is 11.0. The van der Waals surface area contributed by atoms with E-state index in [4.69, 9.17) is 14.2 Å². The highest BCUT2D eigenvalue weighted by molar-refractivity contribution is 6.03. The van der Waals surface area contributed by atoms with Crippen LogP contribution in [0.1, 0.15) is 31.2 Å². The quantitative estimate of drug-likeness (QED) is 0.497. The number of para-hydroxylation sites is 1. The SMILES string of the molecule is COC(=O)[C@@H]1C[C@]23C=CC(=O)N2CC[C@]2(C(=O)OC)c4ccccc4N(C(=O)OC)[C@]12CC3. The first kappa shape index (κ1) is 21.5. The number of anilines is 1. The Morgan fingerprint density at radius 1 is 1.00 bits per heavy atom. The van der Waals surface area contributed by atoms with Crippen LogP contribution in [0.25, 0.3) is 0 Å². The number of fused-ring (bicyclic) bond motifs is 4. The van der Waals surface area contributed by atoms with Crippen LogP contribution >= 0.6 is 0 Å². The first-order valence-corrected chi connectivity index (χ1v) is 11.0. The average Bonchev–Trinajstić information content (AvgIpc) is 3.25. The van der Waals surface area contributed by atoms with Crippen molar-refractivity contribution in [3.8, 4) is 0 Å². The third-order valence-corrected chi connectivity index (χ3v) is 8.24. The van der Waals surface area contributed by atoms with Crippen molar-refractivity contribution in [3.63, 3.8) is 0 Å². The molecule has 1 aromatic carbocycles. The minimum Gasteiger partial charge on any atom is -0.469 e. The molecule has 0 N–H and O–H groups in total. The maximum absolute atomic E-state index is 13.8. The van der Waals surface area contributed by atoms with Crippen LogP contribution in [0.2, 0.25) is 0 Å². The molecule has 2 saturated heterocycles. The van der Waals surface area contributed by atoms with Crippen LogP contribution in [0, 0.1) is 5.92 Å². The van der Waals surface area contributed by atoms with Gasteiger partial charge in [-0.15, -0.1) is 0 Å². The third-order valence-electron chi connectivity index (χ3n) is 8.24. The van der Waals surface area contributed by atoms with Crippen LogP contribution in [0.3, 0.4) is 0 Å². The van der Waals surface area contributed by atoms with Gasteiger partial charge in [0.15, 0.2) is 0 Å². The van der Waals surface area contributed by atoms with E-state index in [1.807, 2.05) is 6.08 Å². The fourth-order valence-electron chi connectivity index (χ4n) is 6.97. The Hall–Kier alpha value is -3.36. The Balaban J connectivity index is 1.87. The predicted octanol–water partition coefficient (Wildman–Crippen LogP) is 1.94. The number of carbonyl (C=O) groups excluding carboxylic acids is 4. The van der Waals surface area contributed by atoms with Gasteiger partial charge in [0.1, 0.15) is 5.41 Å². The molecule has 1 saturated carbocycles. The van der Waals surface area contributed by atoms with Crippen LogP contribution in [0.4, 0.5) is 10.5 Å². The zero-order valence-corrected chi connectivity index (χ0v) is 18.8. The minimum absolute atomic E-state index is 0.149. The number of hydrogen-bond donors (Lipinski definition) is 0. The summed E-state index contributed by atoms with van der Waals surface area (Å²) in [5.74, 6) is -2.15. The van der Waals surface area contributed by atoms with Gasteiger partial charge in [-0.1, -0.05) is 24.3 Å². The summed E-state index contributed by atoms with van der Waals surface area (Å²) in [6.07, 6.45) is 3.89. The lowest BCUT2D eigenvalue weighted by atomic mass is 9.51. The minimum atomic E-state index is -1.39. The number of hydrogen-bond acceptors (Lipinski definition) is 7. The Labute approximate surface area is 191 Å². The second kappa shape index (κ2) is 7.07. The lowest BCUT2D eigenvalue weighted by Crippen LogP contribution is -2.74. The van der Waals surface area contributed by atoms with Crippen molar-refractivity contribution in [1.29, 1.82) is 0 Å². The molecule has 4 aliphatic heterocycles. The smallest absolute Gasteiger partial charge is 0.414 e. The van der Waals surface area contributed by atoms with Crippen LogP contribution in [0.5, 0.6) is 0 Å². The van der Waals surface area contributed by atoms with E-state index in [1.54, 1.807) is 29.2 Å². The number of rotatable bonds is 2. The maximum Gasteiger partial charge on any atom is 0.414 e. The van der Waals surface area contributed by atoms with Gasteiger partial charge in [-0.05, 0) is 37.3 Å². The van der Waals surface area contributed by atoms with Gasteiger partial charge in [0, 0.05) is 12.6 Å². The van der Waals surface area contributed by atoms with Gasteiger partial charge in [-0.25, -0.2) is 4.79 Å². The molecule has 4 atom stereocenters. The molecule has 0 unspecified atom stereocenters. The van der Waals surface area contributed by atoms with E-state index >= 15 is 0 Å². The Bertz CT molecular complexity index is 1100. The van der Waals surface area contributed by atoms with E-state index in [1.165, 1.54) is 32.3 Å². The zero-order chi connectivity index (χ0) is 23.6. The summed E-state index contributed by atoms with van der Waals surface area (Å²) in [4.78, 5) is 56.6. The molecule has 5 aliphatic rings. The molecule has 9 heteroatoms. The van der Waals surface area contributed by atoms with Gasteiger partial charge < -0.3 is 19.1 Å². The van der Waals surface area contributed by atoms with E-state index in [9.17, 15) is 19.2 Å².